The van der Waals surface area contributed by atoms with Crippen LogP contribution in [0.15, 0.2) is 41.2 Å². The van der Waals surface area contributed by atoms with Crippen LogP contribution in [0.1, 0.15) is 0 Å². The van der Waals surface area contributed by atoms with Crippen LogP contribution in [0.2, 0.25) is 0 Å². The zero-order valence-electron chi connectivity index (χ0n) is 8.81. The predicted molar refractivity (Wildman–Crippen MR) is 73.5 cm³/mol. The van der Waals surface area contributed by atoms with Crippen molar-refractivity contribution in [2.45, 2.75) is 0 Å². The number of aromatic amines is 1. The Labute approximate surface area is 108 Å². The number of anilines is 1. The van der Waals surface area contributed by atoms with Crippen molar-refractivity contribution in [3.05, 3.63) is 46.8 Å². The maximum atomic E-state index is 10.9. The molecule has 2 aromatic rings. The third kappa shape index (κ3) is 3.19. The van der Waals surface area contributed by atoms with Gasteiger partial charge >= 0.3 is 0 Å². The molecule has 5 nitrogen and oxygen atoms in total. The average molecular weight is 343 g/mol. The van der Waals surface area contributed by atoms with Crippen molar-refractivity contribution in [1.29, 1.82) is 0 Å². The van der Waals surface area contributed by atoms with Gasteiger partial charge < -0.3 is 5.32 Å². The van der Waals surface area contributed by atoms with E-state index in [2.05, 4.69) is 15.5 Å². The summed E-state index contributed by atoms with van der Waals surface area (Å²) < 4.78 is 11.0. The Kier molecular flexibility index (Phi) is 3.97. The van der Waals surface area contributed by atoms with Crippen LogP contribution < -0.4 is 10.9 Å². The monoisotopic (exact) mass is 343 g/mol. The molecule has 0 fully saturated rings. The molecule has 0 aliphatic carbocycles. The average Bonchev–Trinajstić information content (AvgIpc) is 2.38. The molecule has 0 unspecified atom stereocenters. The fourth-order valence-electron chi connectivity index (χ4n) is 1.37. The lowest BCUT2D eigenvalue weighted by molar-refractivity contribution is 0.647. The van der Waals surface area contributed by atoms with Crippen molar-refractivity contribution in [3.8, 4) is 11.3 Å². The summed E-state index contributed by atoms with van der Waals surface area (Å²) in [4.78, 5) is 10.9. The molecule has 6 heteroatoms. The Morgan fingerprint density at radius 1 is 1.18 bits per heavy atom. The van der Waals surface area contributed by atoms with Gasteiger partial charge in [0.1, 0.15) is 0 Å². The lowest BCUT2D eigenvalue weighted by Gasteiger charge is -2.03. The van der Waals surface area contributed by atoms with Gasteiger partial charge in [0, 0.05) is 17.3 Å². The molecule has 1 heterocycles. The number of hydrogen-bond acceptors (Lipinski definition) is 4. The summed E-state index contributed by atoms with van der Waals surface area (Å²) in [6, 6.07) is 10.7. The number of nitrogens with zero attached hydrogens (tertiary/aromatic N) is 1. The lowest BCUT2D eigenvalue weighted by atomic mass is 10.1. The van der Waals surface area contributed by atoms with E-state index in [0.717, 1.165) is 11.3 Å². The predicted octanol–water partition coefficient (Wildman–Crippen LogP) is 2.12. The molecule has 1 aromatic carbocycles. The van der Waals surface area contributed by atoms with Crippen molar-refractivity contribution >= 4 is 26.9 Å². The largest absolute Gasteiger partial charge is 0.374 e. The van der Waals surface area contributed by atoms with Gasteiger partial charge in [-0.1, -0.05) is 12.1 Å². The lowest BCUT2D eigenvalue weighted by Crippen LogP contribution is -2.05. The topological polar surface area (TPSA) is 74.8 Å². The summed E-state index contributed by atoms with van der Waals surface area (Å²) in [6.45, 7) is 0. The highest BCUT2D eigenvalue weighted by Gasteiger charge is 1.99. The van der Waals surface area contributed by atoms with E-state index in [1.807, 2.05) is 24.3 Å². The van der Waals surface area contributed by atoms with E-state index in [4.69, 9.17) is 0 Å². The standard InChI is InChI=1S/C11H10IN3O2/c16-11-6-5-10(14-15-11)8-1-3-9(4-2-8)13-7-12-17/h1-6,13H,7H2,(H,15,16). The van der Waals surface area contributed by atoms with Crippen LogP contribution in [-0.4, -0.2) is 14.7 Å². The third-order valence-electron chi connectivity index (χ3n) is 2.19. The van der Waals surface area contributed by atoms with Gasteiger partial charge in [0.25, 0.3) is 5.56 Å². The van der Waals surface area contributed by atoms with Gasteiger partial charge in [-0.2, -0.15) is 5.10 Å². The van der Waals surface area contributed by atoms with E-state index < -0.39 is 21.2 Å². The number of hydrogen-bond donors (Lipinski definition) is 2. The fraction of sp³-hybridized carbons (Fsp3) is 0.0909. The quantitative estimate of drug-likeness (QED) is 0.507. The molecule has 2 rings (SSSR count). The summed E-state index contributed by atoms with van der Waals surface area (Å²) in [5, 5.41) is 9.37. The minimum absolute atomic E-state index is 0.216. The van der Waals surface area contributed by atoms with Gasteiger partial charge in [0.15, 0.2) is 21.2 Å². The van der Waals surface area contributed by atoms with Crippen LogP contribution in [0.5, 0.6) is 0 Å². The normalized spacial score (nSPS) is 10.1. The maximum absolute atomic E-state index is 10.9. The molecular weight excluding hydrogens is 333 g/mol. The molecule has 0 radical (unpaired) electrons. The number of nitrogens with one attached hydrogen (secondary N) is 2. The SMILES string of the molecule is O=ICNc1ccc(-c2ccc(=O)[nH]n2)cc1. The second kappa shape index (κ2) is 5.67. The molecule has 0 amide bonds. The molecule has 0 aliphatic heterocycles. The van der Waals surface area contributed by atoms with Crippen molar-refractivity contribution in [3.63, 3.8) is 0 Å². The highest BCUT2D eigenvalue weighted by atomic mass is 127. The minimum Gasteiger partial charge on any atom is -0.374 e. The molecule has 0 spiro atoms. The van der Waals surface area contributed by atoms with E-state index in [9.17, 15) is 7.86 Å². The second-order valence-corrected chi connectivity index (χ2v) is 4.69. The zero-order valence-corrected chi connectivity index (χ0v) is 11.0. The van der Waals surface area contributed by atoms with Crippen LogP contribution in [-0.2, 0) is 3.07 Å². The summed E-state index contributed by atoms with van der Waals surface area (Å²) in [5.74, 6) is 0. The number of halogens is 1. The first kappa shape index (κ1) is 11.9. The first-order valence-corrected chi connectivity index (χ1v) is 7.31. The van der Waals surface area contributed by atoms with Gasteiger partial charge in [-0.05, 0) is 18.2 Å². The molecule has 0 bridgehead atoms. The molecule has 88 valence electrons. The Hall–Kier alpha value is -1.57. The van der Waals surface area contributed by atoms with E-state index in [1.54, 1.807) is 6.07 Å². The molecule has 17 heavy (non-hydrogen) atoms. The highest BCUT2D eigenvalue weighted by Crippen LogP contribution is 2.18. The Morgan fingerprint density at radius 3 is 2.53 bits per heavy atom. The van der Waals surface area contributed by atoms with Crippen molar-refractivity contribution in [2.75, 3.05) is 9.87 Å². The van der Waals surface area contributed by atoms with Crippen LogP contribution >= 0.6 is 21.2 Å². The van der Waals surface area contributed by atoms with Crippen LogP contribution in [0.3, 0.4) is 0 Å². The van der Waals surface area contributed by atoms with Crippen molar-refractivity contribution in [1.82, 2.24) is 10.2 Å². The fourth-order valence-corrected chi connectivity index (χ4v) is 1.96. The van der Waals surface area contributed by atoms with Crippen LogP contribution in [0, 0.1) is 0 Å². The molecule has 1 aromatic heterocycles. The Balaban J connectivity index is 2.20. The number of alkyl halides is 1. The highest BCUT2D eigenvalue weighted by molar-refractivity contribution is 14.1. The number of aromatic nitrogens is 2. The van der Waals surface area contributed by atoms with E-state index >= 15 is 0 Å². The van der Waals surface area contributed by atoms with Crippen LogP contribution in [0.4, 0.5) is 5.69 Å². The van der Waals surface area contributed by atoms with Crippen LogP contribution in [0.25, 0.3) is 11.3 Å². The Morgan fingerprint density at radius 2 is 1.94 bits per heavy atom. The van der Waals surface area contributed by atoms with E-state index in [1.165, 1.54) is 6.07 Å². The molecular formula is C11H10IN3O2. The van der Waals surface area contributed by atoms with Gasteiger partial charge in [-0.15, -0.1) is 0 Å². The molecule has 0 atom stereocenters. The number of benzene rings is 1. The number of rotatable bonds is 4. The van der Waals surface area contributed by atoms with E-state index in [0.29, 0.717) is 10.2 Å². The molecule has 2 N–H and O–H groups in total. The third-order valence-corrected chi connectivity index (χ3v) is 2.88. The van der Waals surface area contributed by atoms with Gasteiger partial charge in [-0.3, -0.25) is 7.86 Å². The summed E-state index contributed by atoms with van der Waals surface area (Å²) in [5.41, 5.74) is 2.34. The zero-order chi connectivity index (χ0) is 12.1. The summed E-state index contributed by atoms with van der Waals surface area (Å²) in [6.07, 6.45) is 0. The maximum Gasteiger partial charge on any atom is 0.264 e. The minimum atomic E-state index is -0.988. The second-order valence-electron chi connectivity index (χ2n) is 3.30. The smallest absolute Gasteiger partial charge is 0.264 e. The first-order valence-electron chi connectivity index (χ1n) is 4.91. The number of H-pyrrole nitrogens is 1. The van der Waals surface area contributed by atoms with E-state index in [-0.39, 0.29) is 5.56 Å². The van der Waals surface area contributed by atoms with Crippen molar-refractivity contribution in [2.24, 2.45) is 0 Å². The van der Waals surface area contributed by atoms with Gasteiger partial charge in [0.05, 0.1) is 10.2 Å². The van der Waals surface area contributed by atoms with Gasteiger partial charge in [-0.25, -0.2) is 5.10 Å². The van der Waals surface area contributed by atoms with Crippen molar-refractivity contribution < 1.29 is 3.07 Å². The Bertz CT molecular complexity index is 545. The molecule has 0 saturated carbocycles. The summed E-state index contributed by atoms with van der Waals surface area (Å²) >= 11 is -0.988. The summed E-state index contributed by atoms with van der Waals surface area (Å²) in [7, 11) is 0. The molecule has 0 aliphatic rings. The first-order chi connectivity index (χ1) is 8.29. The molecule has 0 saturated heterocycles. The van der Waals surface area contributed by atoms with Gasteiger partial charge in [0.2, 0.25) is 0 Å².